The van der Waals surface area contributed by atoms with Crippen molar-refractivity contribution in [3.05, 3.63) is 0 Å². The highest BCUT2D eigenvalue weighted by Crippen LogP contribution is 2.35. The van der Waals surface area contributed by atoms with Gasteiger partial charge in [0, 0.05) is 5.88 Å². The van der Waals surface area contributed by atoms with E-state index in [-0.39, 0.29) is 0 Å². The van der Waals surface area contributed by atoms with Gasteiger partial charge in [-0.25, -0.2) is 4.39 Å². The summed E-state index contributed by atoms with van der Waals surface area (Å²) in [6, 6.07) is 0. The highest BCUT2D eigenvalue weighted by molar-refractivity contribution is 6.17. The average Bonchev–Trinajstić information content (AvgIpc) is 1.98. The molecule has 0 radical (unpaired) electrons. The standard InChI is InChI=1S/C5H5ClF6O/c6-1-2-13-5(11,12)3(7)4(8,9)10/h3H,1-2H2/t3-/m0/s1. The van der Waals surface area contributed by atoms with Gasteiger partial charge in [0.1, 0.15) is 0 Å². The number of alkyl halides is 7. The first-order chi connectivity index (χ1) is 5.72. The smallest absolute Gasteiger partial charge is 0.317 e. The quantitative estimate of drug-likeness (QED) is 0.533. The van der Waals surface area contributed by atoms with Crippen LogP contribution in [0.25, 0.3) is 0 Å². The monoisotopic (exact) mass is 230 g/mol. The van der Waals surface area contributed by atoms with Gasteiger partial charge in [0.25, 0.3) is 6.17 Å². The first-order valence-electron chi connectivity index (χ1n) is 3.00. The summed E-state index contributed by atoms with van der Waals surface area (Å²) in [7, 11) is 0. The van der Waals surface area contributed by atoms with Gasteiger partial charge in [0.05, 0.1) is 6.61 Å². The summed E-state index contributed by atoms with van der Waals surface area (Å²) >= 11 is 4.86. The van der Waals surface area contributed by atoms with E-state index in [1.165, 1.54) is 0 Å². The molecular weight excluding hydrogens is 225 g/mol. The Morgan fingerprint density at radius 2 is 1.62 bits per heavy atom. The second-order valence-electron chi connectivity index (χ2n) is 2.00. The first kappa shape index (κ1) is 12.8. The first-order valence-corrected chi connectivity index (χ1v) is 3.54. The molecule has 1 atom stereocenters. The summed E-state index contributed by atoms with van der Waals surface area (Å²) < 4.78 is 73.7. The molecule has 13 heavy (non-hydrogen) atoms. The summed E-state index contributed by atoms with van der Waals surface area (Å²) in [6.07, 6.45) is -14.9. The molecule has 0 fully saturated rings. The molecule has 0 heterocycles. The Morgan fingerprint density at radius 3 is 1.92 bits per heavy atom. The SMILES string of the molecule is F[C@@H](C(F)(F)F)C(F)(F)OCCCl. The lowest BCUT2D eigenvalue weighted by molar-refractivity contribution is -0.333. The average molecular weight is 231 g/mol. The number of rotatable bonds is 4. The van der Waals surface area contributed by atoms with E-state index in [9.17, 15) is 26.3 Å². The van der Waals surface area contributed by atoms with Gasteiger partial charge >= 0.3 is 12.3 Å². The van der Waals surface area contributed by atoms with Gasteiger partial charge in [-0.3, -0.25) is 0 Å². The maximum Gasteiger partial charge on any atom is 0.428 e. The van der Waals surface area contributed by atoms with Crippen LogP contribution in [-0.2, 0) is 4.74 Å². The van der Waals surface area contributed by atoms with Gasteiger partial charge in [-0.05, 0) is 0 Å². The van der Waals surface area contributed by atoms with Crippen molar-refractivity contribution in [2.24, 2.45) is 0 Å². The third kappa shape index (κ3) is 4.04. The van der Waals surface area contributed by atoms with Crippen molar-refractivity contribution in [3.63, 3.8) is 0 Å². The van der Waals surface area contributed by atoms with Gasteiger partial charge < -0.3 is 4.74 Å². The molecule has 0 bridgehead atoms. The van der Waals surface area contributed by atoms with Crippen LogP contribution >= 0.6 is 11.6 Å². The van der Waals surface area contributed by atoms with E-state index in [2.05, 4.69) is 4.74 Å². The molecular formula is C5H5ClF6O. The molecule has 0 aromatic heterocycles. The van der Waals surface area contributed by atoms with E-state index in [0.29, 0.717) is 0 Å². The number of hydrogen-bond donors (Lipinski definition) is 0. The molecule has 0 saturated heterocycles. The Morgan fingerprint density at radius 1 is 1.15 bits per heavy atom. The number of halogens is 7. The third-order valence-electron chi connectivity index (χ3n) is 0.954. The van der Waals surface area contributed by atoms with Crippen LogP contribution in [-0.4, -0.2) is 30.9 Å². The molecule has 80 valence electrons. The molecule has 8 heteroatoms. The van der Waals surface area contributed by atoms with Crippen LogP contribution in [0.1, 0.15) is 0 Å². The summed E-state index contributed by atoms with van der Waals surface area (Å²) in [5, 5.41) is 0. The zero-order valence-corrected chi connectivity index (χ0v) is 6.80. The van der Waals surface area contributed by atoms with Crippen LogP contribution in [0.3, 0.4) is 0 Å². The van der Waals surface area contributed by atoms with E-state index in [0.717, 1.165) is 0 Å². The minimum absolute atomic E-state index is 0.444. The van der Waals surface area contributed by atoms with Crippen molar-refractivity contribution in [2.75, 3.05) is 12.5 Å². The second-order valence-corrected chi connectivity index (χ2v) is 2.38. The van der Waals surface area contributed by atoms with Gasteiger partial charge in [0.15, 0.2) is 0 Å². The third-order valence-corrected chi connectivity index (χ3v) is 1.11. The second kappa shape index (κ2) is 4.36. The maximum atomic E-state index is 12.1. The molecule has 0 N–H and O–H groups in total. The van der Waals surface area contributed by atoms with Crippen molar-refractivity contribution >= 4 is 11.6 Å². The molecule has 0 amide bonds. The largest absolute Gasteiger partial charge is 0.428 e. The molecule has 0 unspecified atom stereocenters. The van der Waals surface area contributed by atoms with Crippen molar-refractivity contribution in [1.29, 1.82) is 0 Å². The number of hydrogen-bond acceptors (Lipinski definition) is 1. The highest BCUT2D eigenvalue weighted by atomic mass is 35.5. The molecule has 1 nitrogen and oxygen atoms in total. The van der Waals surface area contributed by atoms with E-state index in [4.69, 9.17) is 11.6 Å². The van der Waals surface area contributed by atoms with Crippen LogP contribution in [0.2, 0.25) is 0 Å². The zero-order chi connectivity index (χ0) is 10.7. The maximum absolute atomic E-state index is 12.1. The lowest BCUT2D eigenvalue weighted by atomic mass is 10.3. The minimum atomic E-state index is -5.64. The Bertz CT molecular complexity index is 158. The van der Waals surface area contributed by atoms with Crippen molar-refractivity contribution < 1.29 is 31.1 Å². The van der Waals surface area contributed by atoms with E-state index in [1.807, 2.05) is 0 Å². The summed E-state index contributed by atoms with van der Waals surface area (Å²) in [4.78, 5) is 0. The van der Waals surface area contributed by atoms with Crippen LogP contribution in [0, 0.1) is 0 Å². The predicted octanol–water partition coefficient (Wildman–Crippen LogP) is 2.74. The topological polar surface area (TPSA) is 9.23 Å². The number of ether oxygens (including phenoxy) is 1. The molecule has 0 aliphatic rings. The fourth-order valence-electron chi connectivity index (χ4n) is 0.438. The highest BCUT2D eigenvalue weighted by Gasteiger charge is 2.58. The molecule has 0 spiro atoms. The van der Waals surface area contributed by atoms with Gasteiger partial charge in [0.2, 0.25) is 0 Å². The zero-order valence-electron chi connectivity index (χ0n) is 6.05. The Hall–Kier alpha value is -0.170. The molecule has 0 aromatic carbocycles. The Kier molecular flexibility index (Phi) is 4.31. The van der Waals surface area contributed by atoms with Crippen molar-refractivity contribution in [2.45, 2.75) is 18.5 Å². The van der Waals surface area contributed by atoms with Gasteiger partial charge in [-0.2, -0.15) is 22.0 Å². The fraction of sp³-hybridized carbons (Fsp3) is 1.00. The van der Waals surface area contributed by atoms with Gasteiger partial charge in [-0.15, -0.1) is 11.6 Å². The molecule has 0 aliphatic heterocycles. The summed E-state index contributed by atoms with van der Waals surface area (Å²) in [5.41, 5.74) is 0. The van der Waals surface area contributed by atoms with Crippen LogP contribution in [0.4, 0.5) is 26.3 Å². The Balaban J connectivity index is 4.27. The molecule has 0 aliphatic carbocycles. The molecule has 0 aromatic rings. The van der Waals surface area contributed by atoms with E-state index < -0.39 is 30.9 Å². The fourth-order valence-corrected chi connectivity index (χ4v) is 0.516. The Labute approximate surface area is 74.6 Å². The van der Waals surface area contributed by atoms with Gasteiger partial charge in [-0.1, -0.05) is 0 Å². The molecule has 0 rings (SSSR count). The van der Waals surface area contributed by atoms with Crippen LogP contribution in [0.15, 0.2) is 0 Å². The predicted molar refractivity (Wildman–Crippen MR) is 32.6 cm³/mol. The van der Waals surface area contributed by atoms with Crippen molar-refractivity contribution in [3.8, 4) is 0 Å². The lowest BCUT2D eigenvalue weighted by Gasteiger charge is -2.21. The lowest BCUT2D eigenvalue weighted by Crippen LogP contribution is -2.43. The van der Waals surface area contributed by atoms with Crippen molar-refractivity contribution in [1.82, 2.24) is 0 Å². The summed E-state index contributed by atoms with van der Waals surface area (Å²) in [5.74, 6) is -0.444. The summed E-state index contributed by atoms with van der Waals surface area (Å²) in [6.45, 7) is -0.856. The van der Waals surface area contributed by atoms with E-state index in [1.54, 1.807) is 0 Å². The van der Waals surface area contributed by atoms with Crippen LogP contribution in [0.5, 0.6) is 0 Å². The minimum Gasteiger partial charge on any atom is -0.317 e. The normalized spacial score (nSPS) is 15.9. The van der Waals surface area contributed by atoms with Crippen LogP contribution < -0.4 is 0 Å². The van der Waals surface area contributed by atoms with E-state index >= 15 is 0 Å². The molecule has 0 saturated carbocycles.